The highest BCUT2D eigenvalue weighted by Gasteiger charge is 2.14. The molecule has 5 heteroatoms. The highest BCUT2D eigenvalue weighted by atomic mass is 16.7. The van der Waals surface area contributed by atoms with E-state index in [1.807, 2.05) is 0 Å². The Morgan fingerprint density at radius 1 is 1.40 bits per heavy atom. The van der Waals surface area contributed by atoms with Gasteiger partial charge in [0.15, 0.2) is 11.5 Å². The van der Waals surface area contributed by atoms with Crippen LogP contribution in [0.15, 0.2) is 18.2 Å². The first-order valence-electron chi connectivity index (χ1n) is 4.60. The van der Waals surface area contributed by atoms with Crippen molar-refractivity contribution in [2.24, 2.45) is 5.73 Å². The maximum absolute atomic E-state index is 11.1. The van der Waals surface area contributed by atoms with Crippen LogP contribution in [0.4, 0.5) is 0 Å². The standard InChI is InChI=1S/C10H11NO4/c11-4-3-10(12)15-7-1-2-8-9(5-7)14-6-13-8/h1-2,5H,3-4,6,11H2. The molecular weight excluding hydrogens is 198 g/mol. The van der Waals surface area contributed by atoms with Crippen LogP contribution in [0.5, 0.6) is 17.2 Å². The van der Waals surface area contributed by atoms with Gasteiger partial charge in [0.25, 0.3) is 0 Å². The van der Waals surface area contributed by atoms with Crippen molar-refractivity contribution in [1.29, 1.82) is 0 Å². The van der Waals surface area contributed by atoms with Crippen molar-refractivity contribution < 1.29 is 19.0 Å². The number of hydrogen-bond donors (Lipinski definition) is 1. The molecular formula is C10H11NO4. The van der Waals surface area contributed by atoms with Crippen LogP contribution in [-0.4, -0.2) is 19.3 Å². The summed E-state index contributed by atoms with van der Waals surface area (Å²) in [6, 6.07) is 4.98. The minimum absolute atomic E-state index is 0.203. The average molecular weight is 209 g/mol. The summed E-state index contributed by atoms with van der Waals surface area (Å²) in [6.45, 7) is 0.485. The van der Waals surface area contributed by atoms with Crippen molar-refractivity contribution in [3.8, 4) is 17.2 Å². The lowest BCUT2D eigenvalue weighted by Gasteiger charge is -2.03. The fourth-order valence-corrected chi connectivity index (χ4v) is 1.24. The van der Waals surface area contributed by atoms with Gasteiger partial charge in [0.2, 0.25) is 6.79 Å². The zero-order valence-electron chi connectivity index (χ0n) is 8.06. The van der Waals surface area contributed by atoms with Crippen LogP contribution in [0.1, 0.15) is 6.42 Å². The van der Waals surface area contributed by atoms with E-state index in [4.69, 9.17) is 19.9 Å². The lowest BCUT2D eigenvalue weighted by atomic mass is 10.3. The molecule has 1 aromatic rings. The molecule has 15 heavy (non-hydrogen) atoms. The van der Waals surface area contributed by atoms with Gasteiger partial charge in [-0.2, -0.15) is 0 Å². The Morgan fingerprint density at radius 2 is 2.20 bits per heavy atom. The van der Waals surface area contributed by atoms with Crippen molar-refractivity contribution >= 4 is 5.97 Å². The molecule has 0 bridgehead atoms. The fourth-order valence-electron chi connectivity index (χ4n) is 1.24. The summed E-state index contributed by atoms with van der Waals surface area (Å²) in [5, 5.41) is 0. The van der Waals surface area contributed by atoms with Gasteiger partial charge in [-0.15, -0.1) is 0 Å². The molecule has 0 spiro atoms. The molecule has 0 radical (unpaired) electrons. The summed E-state index contributed by atoms with van der Waals surface area (Å²) in [5.74, 6) is 1.34. The molecule has 5 nitrogen and oxygen atoms in total. The molecule has 0 aliphatic carbocycles. The van der Waals surface area contributed by atoms with Crippen molar-refractivity contribution in [1.82, 2.24) is 0 Å². The Morgan fingerprint density at radius 3 is 3.00 bits per heavy atom. The number of esters is 1. The molecule has 0 fully saturated rings. The molecule has 2 N–H and O–H groups in total. The van der Waals surface area contributed by atoms with E-state index < -0.39 is 0 Å². The highest BCUT2D eigenvalue weighted by Crippen LogP contribution is 2.35. The maximum Gasteiger partial charge on any atom is 0.312 e. The van der Waals surface area contributed by atoms with Gasteiger partial charge >= 0.3 is 5.97 Å². The first kappa shape index (κ1) is 9.79. The number of nitrogens with two attached hydrogens (primary N) is 1. The fraction of sp³-hybridized carbons (Fsp3) is 0.300. The van der Waals surface area contributed by atoms with E-state index in [1.54, 1.807) is 18.2 Å². The van der Waals surface area contributed by atoms with Gasteiger partial charge in [-0.05, 0) is 12.1 Å². The van der Waals surface area contributed by atoms with Crippen LogP contribution in [0, 0.1) is 0 Å². The Hall–Kier alpha value is -1.75. The Labute approximate surface area is 86.7 Å². The molecule has 0 atom stereocenters. The summed E-state index contributed by atoms with van der Waals surface area (Å²) in [6.07, 6.45) is 0.203. The topological polar surface area (TPSA) is 70.8 Å². The third-order valence-electron chi connectivity index (χ3n) is 1.92. The average Bonchev–Trinajstić information content (AvgIpc) is 2.65. The number of benzene rings is 1. The Kier molecular flexibility index (Phi) is 2.73. The van der Waals surface area contributed by atoms with Crippen molar-refractivity contribution in [2.45, 2.75) is 6.42 Å². The number of rotatable bonds is 3. The minimum atomic E-state index is -0.351. The van der Waals surface area contributed by atoms with Crippen LogP contribution in [-0.2, 0) is 4.79 Å². The minimum Gasteiger partial charge on any atom is -0.454 e. The second-order valence-corrected chi connectivity index (χ2v) is 3.03. The van der Waals surface area contributed by atoms with Gasteiger partial charge in [0.1, 0.15) is 5.75 Å². The molecule has 0 unspecified atom stereocenters. The smallest absolute Gasteiger partial charge is 0.312 e. The third kappa shape index (κ3) is 2.19. The van der Waals surface area contributed by atoms with Gasteiger partial charge < -0.3 is 19.9 Å². The van der Waals surface area contributed by atoms with Gasteiger partial charge in [-0.25, -0.2) is 0 Å². The van der Waals surface area contributed by atoms with Crippen LogP contribution < -0.4 is 19.9 Å². The number of hydrogen-bond acceptors (Lipinski definition) is 5. The largest absolute Gasteiger partial charge is 0.454 e. The molecule has 1 aliphatic rings. The van der Waals surface area contributed by atoms with Crippen LogP contribution >= 0.6 is 0 Å². The first-order valence-corrected chi connectivity index (χ1v) is 4.60. The third-order valence-corrected chi connectivity index (χ3v) is 1.92. The molecule has 1 aromatic carbocycles. The molecule has 0 saturated carbocycles. The van der Waals surface area contributed by atoms with E-state index in [0.717, 1.165) is 0 Å². The molecule has 2 rings (SSSR count). The van der Waals surface area contributed by atoms with E-state index in [9.17, 15) is 4.79 Å². The van der Waals surface area contributed by atoms with Crippen LogP contribution in [0.25, 0.3) is 0 Å². The monoisotopic (exact) mass is 209 g/mol. The zero-order chi connectivity index (χ0) is 10.7. The predicted octanol–water partition coefficient (Wildman–Crippen LogP) is 0.669. The Bertz CT molecular complexity index is 378. The van der Waals surface area contributed by atoms with E-state index in [2.05, 4.69) is 0 Å². The van der Waals surface area contributed by atoms with E-state index in [1.165, 1.54) is 0 Å². The van der Waals surface area contributed by atoms with E-state index >= 15 is 0 Å². The second-order valence-electron chi connectivity index (χ2n) is 3.03. The van der Waals surface area contributed by atoms with Crippen LogP contribution in [0.2, 0.25) is 0 Å². The zero-order valence-corrected chi connectivity index (χ0v) is 8.06. The highest BCUT2D eigenvalue weighted by molar-refractivity contribution is 5.72. The van der Waals surface area contributed by atoms with Crippen LogP contribution in [0.3, 0.4) is 0 Å². The summed E-state index contributed by atoms with van der Waals surface area (Å²) in [7, 11) is 0. The first-order chi connectivity index (χ1) is 7.29. The molecule has 80 valence electrons. The normalized spacial score (nSPS) is 12.6. The number of fused-ring (bicyclic) bond motifs is 1. The number of carbonyl (C=O) groups excluding carboxylic acids is 1. The maximum atomic E-state index is 11.1. The lowest BCUT2D eigenvalue weighted by molar-refractivity contribution is -0.134. The molecule has 0 aromatic heterocycles. The molecule has 1 heterocycles. The summed E-state index contributed by atoms with van der Waals surface area (Å²) in [4.78, 5) is 11.1. The van der Waals surface area contributed by atoms with Gasteiger partial charge in [-0.3, -0.25) is 4.79 Å². The predicted molar refractivity (Wildman–Crippen MR) is 51.9 cm³/mol. The molecule has 1 aliphatic heterocycles. The number of ether oxygens (including phenoxy) is 3. The van der Waals surface area contributed by atoms with Gasteiger partial charge in [-0.1, -0.05) is 0 Å². The quantitative estimate of drug-likeness (QED) is 0.585. The molecule has 0 saturated heterocycles. The van der Waals surface area contributed by atoms with Gasteiger partial charge in [0, 0.05) is 12.6 Å². The molecule has 0 amide bonds. The SMILES string of the molecule is NCCC(=O)Oc1ccc2c(c1)OCO2. The summed E-state index contributed by atoms with van der Waals surface area (Å²) >= 11 is 0. The second kappa shape index (κ2) is 4.18. The van der Waals surface area contributed by atoms with Crippen molar-refractivity contribution in [3.63, 3.8) is 0 Å². The summed E-state index contributed by atoms with van der Waals surface area (Å²) < 4.78 is 15.3. The summed E-state index contributed by atoms with van der Waals surface area (Å²) in [5.41, 5.74) is 5.23. The number of carbonyl (C=O) groups is 1. The Balaban J connectivity index is 2.06. The van der Waals surface area contributed by atoms with Crippen molar-refractivity contribution in [3.05, 3.63) is 18.2 Å². The van der Waals surface area contributed by atoms with Crippen molar-refractivity contribution in [2.75, 3.05) is 13.3 Å². The van der Waals surface area contributed by atoms with Gasteiger partial charge in [0.05, 0.1) is 6.42 Å². The van der Waals surface area contributed by atoms with E-state index in [-0.39, 0.29) is 25.7 Å². The van der Waals surface area contributed by atoms with E-state index in [0.29, 0.717) is 17.2 Å². The lowest BCUT2D eigenvalue weighted by Crippen LogP contribution is -2.13.